The Morgan fingerprint density at radius 2 is 1.67 bits per heavy atom. The SMILES string of the molecule is C=C(Nc1ccc2nc(C)[nH]c2c1)c1cc(NC(=C)C(c2cc(C)cc(Cl)c2)C(C)(C)O)ccc1C. The van der Waals surface area contributed by atoms with Crippen molar-refractivity contribution in [2.45, 2.75) is 46.1 Å². The van der Waals surface area contributed by atoms with E-state index in [2.05, 4.69) is 40.7 Å². The Bertz CT molecular complexity index is 1440. The minimum absolute atomic E-state index is 0.370. The number of aliphatic hydroxyl groups is 1. The van der Waals surface area contributed by atoms with Crippen LogP contribution in [-0.2, 0) is 0 Å². The van der Waals surface area contributed by atoms with Crippen LogP contribution < -0.4 is 10.6 Å². The minimum atomic E-state index is -1.05. The zero-order valence-corrected chi connectivity index (χ0v) is 22.2. The quantitative estimate of drug-likeness (QED) is 0.200. The second kappa shape index (κ2) is 9.84. The predicted octanol–water partition coefficient (Wildman–Crippen LogP) is 7.70. The van der Waals surface area contributed by atoms with Crippen LogP contribution in [0.3, 0.4) is 0 Å². The van der Waals surface area contributed by atoms with E-state index in [0.29, 0.717) is 10.7 Å². The molecule has 4 aromatic rings. The van der Waals surface area contributed by atoms with Crippen molar-refractivity contribution >= 4 is 39.7 Å². The molecule has 186 valence electrons. The molecule has 0 spiro atoms. The van der Waals surface area contributed by atoms with Crippen molar-refractivity contribution in [3.63, 3.8) is 0 Å². The summed E-state index contributed by atoms with van der Waals surface area (Å²) in [5.41, 5.74) is 8.11. The van der Waals surface area contributed by atoms with E-state index in [9.17, 15) is 5.11 Å². The van der Waals surface area contributed by atoms with E-state index in [1.807, 2.05) is 68.4 Å². The van der Waals surface area contributed by atoms with Crippen LogP contribution in [0, 0.1) is 20.8 Å². The molecule has 0 aliphatic carbocycles. The number of rotatable bonds is 8. The van der Waals surface area contributed by atoms with Crippen LogP contribution in [0.2, 0.25) is 5.02 Å². The Morgan fingerprint density at radius 3 is 2.36 bits per heavy atom. The summed E-state index contributed by atoms with van der Waals surface area (Å²) < 4.78 is 0. The van der Waals surface area contributed by atoms with Gasteiger partial charge >= 0.3 is 0 Å². The molecule has 1 unspecified atom stereocenters. The first-order chi connectivity index (χ1) is 16.9. The van der Waals surface area contributed by atoms with Gasteiger partial charge in [0.25, 0.3) is 0 Å². The summed E-state index contributed by atoms with van der Waals surface area (Å²) in [5, 5.41) is 18.5. The number of halogens is 1. The van der Waals surface area contributed by atoms with Crippen LogP contribution in [0.1, 0.15) is 47.8 Å². The topological polar surface area (TPSA) is 73.0 Å². The van der Waals surface area contributed by atoms with Crippen molar-refractivity contribution < 1.29 is 5.11 Å². The highest BCUT2D eigenvalue weighted by atomic mass is 35.5. The maximum absolute atomic E-state index is 11.0. The van der Waals surface area contributed by atoms with Gasteiger partial charge in [-0.3, -0.25) is 0 Å². The number of aryl methyl sites for hydroxylation is 3. The van der Waals surface area contributed by atoms with E-state index in [0.717, 1.165) is 56.2 Å². The van der Waals surface area contributed by atoms with E-state index in [1.54, 1.807) is 13.8 Å². The van der Waals surface area contributed by atoms with Crippen molar-refractivity contribution in [1.82, 2.24) is 9.97 Å². The molecule has 0 saturated heterocycles. The average Bonchev–Trinajstić information content (AvgIpc) is 3.12. The number of H-pyrrole nitrogens is 1. The lowest BCUT2D eigenvalue weighted by molar-refractivity contribution is 0.0620. The molecule has 5 nitrogen and oxygen atoms in total. The second-order valence-corrected chi connectivity index (χ2v) is 10.4. The Labute approximate surface area is 217 Å². The van der Waals surface area contributed by atoms with Crippen LogP contribution >= 0.6 is 11.6 Å². The molecule has 36 heavy (non-hydrogen) atoms. The Hall–Kier alpha value is -3.54. The Morgan fingerprint density at radius 1 is 0.972 bits per heavy atom. The van der Waals surface area contributed by atoms with Gasteiger partial charge < -0.3 is 20.7 Å². The van der Waals surface area contributed by atoms with Crippen molar-refractivity contribution in [1.29, 1.82) is 0 Å². The third kappa shape index (κ3) is 5.64. The summed E-state index contributed by atoms with van der Waals surface area (Å²) in [6, 6.07) is 17.9. The number of fused-ring (bicyclic) bond motifs is 1. The molecule has 1 atom stereocenters. The van der Waals surface area contributed by atoms with Crippen LogP contribution in [0.5, 0.6) is 0 Å². The number of nitrogens with zero attached hydrogens (tertiary/aromatic N) is 1. The van der Waals surface area contributed by atoms with Gasteiger partial charge in [0.05, 0.1) is 22.6 Å². The van der Waals surface area contributed by atoms with Crippen molar-refractivity contribution in [3.8, 4) is 0 Å². The van der Waals surface area contributed by atoms with Gasteiger partial charge in [-0.05, 0) is 93.8 Å². The van der Waals surface area contributed by atoms with Gasteiger partial charge in [0.15, 0.2) is 0 Å². The molecule has 0 saturated carbocycles. The molecule has 0 aliphatic heterocycles. The van der Waals surface area contributed by atoms with Gasteiger partial charge in [0, 0.05) is 33.4 Å². The van der Waals surface area contributed by atoms with E-state index in [1.165, 1.54) is 0 Å². The minimum Gasteiger partial charge on any atom is -0.389 e. The van der Waals surface area contributed by atoms with Crippen LogP contribution in [0.4, 0.5) is 11.4 Å². The summed E-state index contributed by atoms with van der Waals surface area (Å²) >= 11 is 6.33. The molecular formula is C30H33ClN4O. The van der Waals surface area contributed by atoms with Gasteiger partial charge in [-0.2, -0.15) is 0 Å². The highest BCUT2D eigenvalue weighted by molar-refractivity contribution is 6.30. The fraction of sp³-hybridized carbons (Fsp3) is 0.233. The van der Waals surface area contributed by atoms with Crippen LogP contribution in [0.15, 0.2) is 73.5 Å². The number of nitrogens with one attached hydrogen (secondary N) is 3. The largest absolute Gasteiger partial charge is 0.389 e. The molecule has 0 fully saturated rings. The molecular weight excluding hydrogens is 468 g/mol. The first kappa shape index (κ1) is 25.5. The lowest BCUT2D eigenvalue weighted by Crippen LogP contribution is -2.32. The van der Waals surface area contributed by atoms with Crippen molar-refractivity contribution in [2.24, 2.45) is 0 Å². The molecule has 4 N–H and O–H groups in total. The van der Waals surface area contributed by atoms with Gasteiger partial charge in [0.1, 0.15) is 5.82 Å². The fourth-order valence-electron chi connectivity index (χ4n) is 4.71. The number of aromatic nitrogens is 2. The summed E-state index contributed by atoms with van der Waals surface area (Å²) in [5.74, 6) is 0.513. The number of hydrogen-bond acceptors (Lipinski definition) is 4. The highest BCUT2D eigenvalue weighted by Crippen LogP contribution is 2.37. The summed E-state index contributed by atoms with van der Waals surface area (Å²) in [4.78, 5) is 7.73. The second-order valence-electron chi connectivity index (χ2n) is 9.99. The number of imidazole rings is 1. The molecule has 1 aromatic heterocycles. The third-order valence-corrected chi connectivity index (χ3v) is 6.43. The van der Waals surface area contributed by atoms with Crippen LogP contribution in [-0.4, -0.2) is 20.7 Å². The maximum Gasteiger partial charge on any atom is 0.104 e. The molecule has 3 aromatic carbocycles. The smallest absolute Gasteiger partial charge is 0.104 e. The summed E-state index contributed by atoms with van der Waals surface area (Å²) in [6.45, 7) is 18.1. The molecule has 6 heteroatoms. The highest BCUT2D eigenvalue weighted by Gasteiger charge is 2.31. The number of aromatic amines is 1. The lowest BCUT2D eigenvalue weighted by atomic mass is 9.82. The zero-order chi connectivity index (χ0) is 26.2. The predicted molar refractivity (Wildman–Crippen MR) is 153 cm³/mol. The lowest BCUT2D eigenvalue weighted by Gasteiger charge is -2.32. The zero-order valence-electron chi connectivity index (χ0n) is 21.5. The maximum atomic E-state index is 11.0. The van der Waals surface area contributed by atoms with E-state index in [-0.39, 0.29) is 5.92 Å². The third-order valence-electron chi connectivity index (χ3n) is 6.22. The van der Waals surface area contributed by atoms with E-state index in [4.69, 9.17) is 11.6 Å². The van der Waals surface area contributed by atoms with Gasteiger partial charge in [-0.1, -0.05) is 36.9 Å². The average molecular weight is 501 g/mol. The number of anilines is 2. The Kier molecular flexibility index (Phi) is 6.98. The van der Waals surface area contributed by atoms with Gasteiger partial charge in [-0.25, -0.2) is 4.98 Å². The number of hydrogen-bond donors (Lipinski definition) is 4. The van der Waals surface area contributed by atoms with Crippen LogP contribution in [0.25, 0.3) is 16.7 Å². The molecule has 0 aliphatic rings. The van der Waals surface area contributed by atoms with E-state index >= 15 is 0 Å². The summed E-state index contributed by atoms with van der Waals surface area (Å²) in [7, 11) is 0. The van der Waals surface area contributed by atoms with Crippen molar-refractivity contribution in [2.75, 3.05) is 10.6 Å². The summed E-state index contributed by atoms with van der Waals surface area (Å²) in [6.07, 6.45) is 0. The first-order valence-corrected chi connectivity index (χ1v) is 12.3. The Balaban J connectivity index is 1.58. The molecule has 0 radical (unpaired) electrons. The monoisotopic (exact) mass is 500 g/mol. The molecule has 0 amide bonds. The van der Waals surface area contributed by atoms with Gasteiger partial charge in [0.2, 0.25) is 0 Å². The van der Waals surface area contributed by atoms with Gasteiger partial charge in [-0.15, -0.1) is 0 Å². The fourth-order valence-corrected chi connectivity index (χ4v) is 5.00. The first-order valence-electron chi connectivity index (χ1n) is 11.9. The number of benzene rings is 3. The standard InChI is InChI=1S/C30H33ClN4O/c1-17-12-22(14-23(31)13-17)29(30(6,7)36)20(4)33-24-9-8-18(2)26(15-24)19(3)32-25-10-11-27-28(16-25)35-21(5)34-27/h8-16,29,32-33,36H,3-4H2,1-2,5-7H3,(H,34,35). The van der Waals surface area contributed by atoms with E-state index < -0.39 is 5.60 Å². The normalized spacial score (nSPS) is 12.4. The van der Waals surface area contributed by atoms with Crippen molar-refractivity contribution in [3.05, 3.63) is 107 Å². The molecule has 4 rings (SSSR count). The molecule has 1 heterocycles. The molecule has 0 bridgehead atoms.